The minimum absolute atomic E-state index is 0.0135. The summed E-state index contributed by atoms with van der Waals surface area (Å²) in [6, 6.07) is 4.41. The fourth-order valence-electron chi connectivity index (χ4n) is 1.38. The number of hydrogen-bond donors (Lipinski definition) is 0. The summed E-state index contributed by atoms with van der Waals surface area (Å²) in [7, 11) is 0. The summed E-state index contributed by atoms with van der Waals surface area (Å²) < 4.78 is 2.56. The van der Waals surface area contributed by atoms with Crippen molar-refractivity contribution in [1.82, 2.24) is 9.78 Å². The molecule has 17 heavy (non-hydrogen) atoms. The lowest BCUT2D eigenvalue weighted by atomic mass is 10.2. The Bertz CT molecular complexity index is 570. The maximum absolute atomic E-state index is 10.5. The summed E-state index contributed by atoms with van der Waals surface area (Å²) >= 11 is 9.26. The van der Waals surface area contributed by atoms with Gasteiger partial charge >= 0.3 is 0 Å². The van der Waals surface area contributed by atoms with Gasteiger partial charge in [-0.25, -0.2) is 0 Å². The predicted octanol–water partition coefficient (Wildman–Crippen LogP) is 3.26. The molecule has 1 heterocycles. The molecule has 2 rings (SSSR count). The first-order valence-corrected chi connectivity index (χ1v) is 5.84. The topological polar surface area (TPSA) is 61.0 Å². The Balaban J connectivity index is 2.25. The van der Waals surface area contributed by atoms with Crippen LogP contribution in [0.2, 0.25) is 5.02 Å². The molecule has 0 atom stereocenters. The molecule has 0 bridgehead atoms. The summed E-state index contributed by atoms with van der Waals surface area (Å²) in [6.07, 6.45) is 3.47. The van der Waals surface area contributed by atoms with Crippen LogP contribution in [0.1, 0.15) is 5.56 Å². The maximum Gasteiger partial charge on any atom is 0.270 e. The molecular weight excluding hydrogens is 309 g/mol. The zero-order chi connectivity index (χ0) is 12.4. The Kier molecular flexibility index (Phi) is 3.44. The summed E-state index contributed by atoms with van der Waals surface area (Å²) in [5.41, 5.74) is 0.772. The van der Waals surface area contributed by atoms with Gasteiger partial charge in [-0.3, -0.25) is 14.8 Å². The number of hydrogen-bond acceptors (Lipinski definition) is 3. The Morgan fingerprint density at radius 1 is 1.53 bits per heavy atom. The Morgan fingerprint density at radius 2 is 2.29 bits per heavy atom. The van der Waals surface area contributed by atoms with E-state index in [4.69, 9.17) is 11.6 Å². The third kappa shape index (κ3) is 2.83. The molecule has 88 valence electrons. The van der Waals surface area contributed by atoms with Crippen LogP contribution < -0.4 is 0 Å². The van der Waals surface area contributed by atoms with Gasteiger partial charge in [-0.2, -0.15) is 5.10 Å². The minimum atomic E-state index is -0.472. The van der Waals surface area contributed by atoms with E-state index in [0.717, 1.165) is 10.0 Å². The van der Waals surface area contributed by atoms with Gasteiger partial charge < -0.3 is 0 Å². The minimum Gasteiger partial charge on any atom is -0.267 e. The summed E-state index contributed by atoms with van der Waals surface area (Å²) in [5, 5.41) is 15.0. The molecule has 7 heteroatoms. The molecule has 0 aliphatic rings. The molecular formula is C10H7BrClN3O2. The summed E-state index contributed by atoms with van der Waals surface area (Å²) in [4.78, 5) is 10.1. The van der Waals surface area contributed by atoms with E-state index < -0.39 is 4.92 Å². The van der Waals surface area contributed by atoms with Gasteiger partial charge in [0.05, 0.1) is 27.2 Å². The molecule has 0 N–H and O–H groups in total. The van der Waals surface area contributed by atoms with Gasteiger partial charge in [-0.15, -0.1) is 0 Å². The van der Waals surface area contributed by atoms with E-state index in [2.05, 4.69) is 21.0 Å². The average Bonchev–Trinajstić information content (AvgIpc) is 2.67. The second-order valence-corrected chi connectivity index (χ2v) is 4.71. The van der Waals surface area contributed by atoms with Crippen molar-refractivity contribution in [2.45, 2.75) is 6.54 Å². The van der Waals surface area contributed by atoms with Crippen molar-refractivity contribution in [2.75, 3.05) is 0 Å². The van der Waals surface area contributed by atoms with E-state index in [-0.39, 0.29) is 5.69 Å². The molecule has 0 aliphatic heterocycles. The van der Waals surface area contributed by atoms with Gasteiger partial charge in [0.1, 0.15) is 0 Å². The van der Waals surface area contributed by atoms with Crippen LogP contribution in [0.25, 0.3) is 0 Å². The van der Waals surface area contributed by atoms with Gasteiger partial charge in [0, 0.05) is 18.3 Å². The van der Waals surface area contributed by atoms with Crippen LogP contribution in [0.3, 0.4) is 0 Å². The third-order valence-electron chi connectivity index (χ3n) is 2.18. The molecule has 1 aromatic carbocycles. The van der Waals surface area contributed by atoms with Crippen molar-refractivity contribution in [2.24, 2.45) is 0 Å². The van der Waals surface area contributed by atoms with Crippen LogP contribution in [0.15, 0.2) is 35.1 Å². The molecule has 0 unspecified atom stereocenters. The zero-order valence-electron chi connectivity index (χ0n) is 8.51. The lowest BCUT2D eigenvalue weighted by Crippen LogP contribution is -2.01. The van der Waals surface area contributed by atoms with Gasteiger partial charge in [0.25, 0.3) is 5.69 Å². The summed E-state index contributed by atoms with van der Waals surface area (Å²) in [6.45, 7) is 0.475. The normalized spacial score (nSPS) is 10.5. The van der Waals surface area contributed by atoms with E-state index in [9.17, 15) is 10.1 Å². The van der Waals surface area contributed by atoms with Crippen molar-refractivity contribution in [3.05, 3.63) is 55.8 Å². The molecule has 0 fully saturated rings. The summed E-state index contributed by atoms with van der Waals surface area (Å²) in [5.74, 6) is 0. The molecule has 2 aromatic rings. The van der Waals surface area contributed by atoms with Crippen LogP contribution in [0, 0.1) is 10.1 Å². The number of nitro benzene ring substituents is 1. The number of benzene rings is 1. The predicted molar refractivity (Wildman–Crippen MR) is 67.1 cm³/mol. The van der Waals surface area contributed by atoms with E-state index in [0.29, 0.717) is 11.6 Å². The molecule has 0 saturated carbocycles. The smallest absolute Gasteiger partial charge is 0.267 e. The highest BCUT2D eigenvalue weighted by atomic mass is 79.9. The zero-order valence-corrected chi connectivity index (χ0v) is 10.8. The Hall–Kier alpha value is -1.40. The standard InChI is InChI=1S/C10H7BrClN3O2/c11-8-4-13-14(6-8)5-7-1-2-9(15(16)17)3-10(7)12/h1-4,6H,5H2. The number of aromatic nitrogens is 2. The number of non-ortho nitro benzene ring substituents is 1. The van der Waals surface area contributed by atoms with Crippen molar-refractivity contribution in [3.63, 3.8) is 0 Å². The van der Waals surface area contributed by atoms with Crippen molar-refractivity contribution < 1.29 is 4.92 Å². The quantitative estimate of drug-likeness (QED) is 0.645. The van der Waals surface area contributed by atoms with Gasteiger partial charge in [-0.1, -0.05) is 11.6 Å². The monoisotopic (exact) mass is 315 g/mol. The second kappa shape index (κ2) is 4.85. The van der Waals surface area contributed by atoms with Crippen LogP contribution in [-0.2, 0) is 6.54 Å². The third-order valence-corrected chi connectivity index (χ3v) is 2.94. The van der Waals surface area contributed by atoms with Crippen LogP contribution in [0.4, 0.5) is 5.69 Å². The van der Waals surface area contributed by atoms with Crippen molar-refractivity contribution in [3.8, 4) is 0 Å². The fraction of sp³-hybridized carbons (Fsp3) is 0.100. The average molecular weight is 317 g/mol. The number of halogens is 2. The fourth-order valence-corrected chi connectivity index (χ4v) is 1.94. The Morgan fingerprint density at radius 3 is 2.82 bits per heavy atom. The lowest BCUT2D eigenvalue weighted by Gasteiger charge is -2.04. The molecule has 0 saturated heterocycles. The van der Waals surface area contributed by atoms with E-state index in [1.165, 1.54) is 12.1 Å². The molecule has 0 amide bonds. The van der Waals surface area contributed by atoms with E-state index >= 15 is 0 Å². The second-order valence-electron chi connectivity index (χ2n) is 3.39. The maximum atomic E-state index is 10.5. The van der Waals surface area contributed by atoms with Gasteiger partial charge in [0.2, 0.25) is 0 Å². The molecule has 5 nitrogen and oxygen atoms in total. The molecule has 0 radical (unpaired) electrons. The molecule has 0 spiro atoms. The highest BCUT2D eigenvalue weighted by molar-refractivity contribution is 9.10. The Labute approximate surface area is 110 Å². The van der Waals surface area contributed by atoms with Crippen LogP contribution >= 0.6 is 27.5 Å². The molecule has 0 aliphatic carbocycles. The SMILES string of the molecule is O=[N+]([O-])c1ccc(Cn2cc(Br)cn2)c(Cl)c1. The van der Waals surface area contributed by atoms with E-state index in [1.807, 2.05) is 0 Å². The van der Waals surface area contributed by atoms with Gasteiger partial charge in [0.15, 0.2) is 0 Å². The number of nitro groups is 1. The van der Waals surface area contributed by atoms with Crippen LogP contribution in [0.5, 0.6) is 0 Å². The first kappa shape index (κ1) is 12.1. The van der Waals surface area contributed by atoms with Gasteiger partial charge in [-0.05, 0) is 27.6 Å². The highest BCUT2D eigenvalue weighted by Crippen LogP contribution is 2.23. The highest BCUT2D eigenvalue weighted by Gasteiger charge is 2.09. The largest absolute Gasteiger partial charge is 0.270 e. The van der Waals surface area contributed by atoms with E-state index in [1.54, 1.807) is 23.1 Å². The van der Waals surface area contributed by atoms with Crippen molar-refractivity contribution in [1.29, 1.82) is 0 Å². The first-order valence-electron chi connectivity index (χ1n) is 4.67. The van der Waals surface area contributed by atoms with Crippen LogP contribution in [-0.4, -0.2) is 14.7 Å². The number of rotatable bonds is 3. The van der Waals surface area contributed by atoms with Crippen molar-refractivity contribution >= 4 is 33.2 Å². The lowest BCUT2D eigenvalue weighted by molar-refractivity contribution is -0.384. The molecule has 1 aromatic heterocycles. The number of nitrogens with zero attached hydrogens (tertiary/aromatic N) is 3. The first-order chi connectivity index (χ1) is 8.06.